The molecule has 0 aliphatic carbocycles. The summed E-state index contributed by atoms with van der Waals surface area (Å²) in [4.78, 5) is 29.1. The third-order valence-corrected chi connectivity index (χ3v) is 9.68. The molecule has 0 saturated carbocycles. The highest BCUT2D eigenvalue weighted by atomic mass is 16.2. The molecule has 3 nitrogen and oxygen atoms in total. The normalized spacial score (nSPS) is 12.4. The first-order chi connectivity index (χ1) is 21.6. The molecule has 0 aliphatic rings. The first kappa shape index (κ1) is 23.7. The van der Waals surface area contributed by atoms with E-state index in [2.05, 4.69) is 60.7 Å². The van der Waals surface area contributed by atoms with Gasteiger partial charge in [-0.3, -0.25) is 9.59 Å². The van der Waals surface area contributed by atoms with Gasteiger partial charge in [0, 0.05) is 0 Å². The molecule has 10 rings (SSSR count). The predicted molar refractivity (Wildman–Crippen MR) is 184 cm³/mol. The number of aromatic nitrogens is 1. The lowest BCUT2D eigenvalue weighted by Crippen LogP contribution is -2.23. The fourth-order valence-electron chi connectivity index (χ4n) is 7.90. The van der Waals surface area contributed by atoms with E-state index in [1.807, 2.05) is 67.6 Å². The first-order valence-electron chi connectivity index (χ1n) is 14.9. The molecule has 9 aromatic carbocycles. The molecule has 0 bridgehead atoms. The van der Waals surface area contributed by atoms with Crippen LogP contribution < -0.4 is 11.1 Å². The van der Waals surface area contributed by atoms with Crippen LogP contribution in [0.15, 0.2) is 131 Å². The monoisotopic (exact) mass is 561 g/mol. The molecule has 1 aromatic heterocycles. The van der Waals surface area contributed by atoms with Crippen molar-refractivity contribution in [2.24, 2.45) is 0 Å². The molecule has 0 radical (unpaired) electrons. The molecule has 0 fully saturated rings. The Morgan fingerprint density at radius 3 is 1.43 bits per heavy atom. The van der Waals surface area contributed by atoms with Gasteiger partial charge in [-0.15, -0.1) is 0 Å². The number of rotatable bonds is 3. The maximum atomic E-state index is 14.6. The Labute approximate surface area is 251 Å². The van der Waals surface area contributed by atoms with Crippen molar-refractivity contribution in [1.82, 2.24) is 4.57 Å². The minimum Gasteiger partial charge on any atom is -0.268 e. The minimum absolute atomic E-state index is 0.264. The van der Waals surface area contributed by atoms with Gasteiger partial charge in [-0.25, -0.2) is 4.57 Å². The van der Waals surface area contributed by atoms with Crippen LogP contribution in [-0.4, -0.2) is 4.57 Å². The van der Waals surface area contributed by atoms with Crippen molar-refractivity contribution in [1.29, 1.82) is 0 Å². The van der Waals surface area contributed by atoms with Crippen LogP contribution >= 0.6 is 0 Å². The lowest BCUT2D eigenvalue weighted by Gasteiger charge is -2.12. The van der Waals surface area contributed by atoms with E-state index in [1.165, 1.54) is 26.1 Å². The van der Waals surface area contributed by atoms with E-state index in [-0.39, 0.29) is 11.1 Å². The molecule has 3 heteroatoms. The van der Waals surface area contributed by atoms with Gasteiger partial charge in [-0.2, -0.15) is 0 Å². The van der Waals surface area contributed by atoms with E-state index < -0.39 is 0 Å². The van der Waals surface area contributed by atoms with Crippen LogP contribution in [0.5, 0.6) is 0 Å². The molecular formula is C41H23NO2. The molecule has 0 N–H and O–H groups in total. The van der Waals surface area contributed by atoms with Crippen molar-refractivity contribution in [2.75, 3.05) is 0 Å². The van der Waals surface area contributed by atoms with E-state index >= 15 is 0 Å². The van der Waals surface area contributed by atoms with E-state index in [9.17, 15) is 9.59 Å². The van der Waals surface area contributed by atoms with Gasteiger partial charge in [-0.1, -0.05) is 97.1 Å². The van der Waals surface area contributed by atoms with Crippen molar-refractivity contribution in [3.63, 3.8) is 0 Å². The van der Waals surface area contributed by atoms with Gasteiger partial charge in [0.2, 0.25) is 0 Å². The molecule has 0 amide bonds. The van der Waals surface area contributed by atoms with Crippen molar-refractivity contribution < 1.29 is 0 Å². The molecule has 0 saturated heterocycles. The molecule has 0 unspecified atom stereocenters. The Morgan fingerprint density at radius 1 is 0.432 bits per heavy atom. The number of hydrogen-bond donors (Lipinski definition) is 0. The zero-order valence-corrected chi connectivity index (χ0v) is 23.8. The fraction of sp³-hybridized carbons (Fsp3) is 0.0244. The number of nitrogens with zero attached hydrogens (tertiary/aromatic N) is 1. The minimum atomic E-state index is -0.264. The Balaban J connectivity index is 1.54. The highest BCUT2D eigenvalue weighted by Crippen LogP contribution is 2.53. The van der Waals surface area contributed by atoms with E-state index in [1.54, 1.807) is 0 Å². The molecule has 10 aromatic rings. The number of hydrogen-bond acceptors (Lipinski definition) is 2. The molecule has 44 heavy (non-hydrogen) atoms. The van der Waals surface area contributed by atoms with Gasteiger partial charge in [0.1, 0.15) is 0 Å². The lowest BCUT2D eigenvalue weighted by molar-refractivity contribution is 0.989. The maximum absolute atomic E-state index is 14.6. The van der Waals surface area contributed by atoms with Gasteiger partial charge in [-0.05, 0) is 113 Å². The van der Waals surface area contributed by atoms with Crippen molar-refractivity contribution >= 4 is 64.6 Å². The fourth-order valence-corrected chi connectivity index (χ4v) is 7.90. The summed E-state index contributed by atoms with van der Waals surface area (Å²) in [5, 5.41) is 11.9. The van der Waals surface area contributed by atoms with Crippen LogP contribution in [0.1, 0.15) is 5.56 Å². The van der Waals surface area contributed by atoms with Gasteiger partial charge in [0.25, 0.3) is 11.1 Å². The summed E-state index contributed by atoms with van der Waals surface area (Å²) >= 11 is 0. The van der Waals surface area contributed by atoms with Crippen LogP contribution in [0.2, 0.25) is 0 Å². The molecule has 1 heterocycles. The Bertz CT molecular complexity index is 2680. The van der Waals surface area contributed by atoms with E-state index in [4.69, 9.17) is 0 Å². The highest BCUT2D eigenvalue weighted by Gasteiger charge is 2.29. The second kappa shape index (κ2) is 8.18. The summed E-state index contributed by atoms with van der Waals surface area (Å²) in [6.45, 7) is 1.98. The average Bonchev–Trinajstić information content (AvgIpc) is 3.56. The van der Waals surface area contributed by atoms with Crippen molar-refractivity contribution in [3.8, 4) is 27.9 Å². The predicted octanol–water partition coefficient (Wildman–Crippen LogP) is 9.51. The summed E-state index contributed by atoms with van der Waals surface area (Å²) in [5.41, 5.74) is 5.38. The highest BCUT2D eigenvalue weighted by molar-refractivity contribution is 6.50. The largest absolute Gasteiger partial charge is 0.268 e. The third kappa shape index (κ3) is 2.82. The topological polar surface area (TPSA) is 39.1 Å². The second-order valence-corrected chi connectivity index (χ2v) is 12.0. The van der Waals surface area contributed by atoms with Gasteiger partial charge in [0.15, 0.2) is 0 Å². The SMILES string of the molecule is Cc1cccc(-n2c(=O)c3c4cc(-c5ccccc5)c5ccc6ccc7c(-c8ccccc8)cc(c3c2=O)c2c7c6c5c42)c1. The molecule has 0 aliphatic heterocycles. The number of aryl methyl sites for hydroxylation is 1. The maximum Gasteiger partial charge on any atom is 0.266 e. The van der Waals surface area contributed by atoms with Gasteiger partial charge in [0.05, 0.1) is 16.5 Å². The smallest absolute Gasteiger partial charge is 0.266 e. The molecule has 0 atom stereocenters. The zero-order chi connectivity index (χ0) is 29.3. The van der Waals surface area contributed by atoms with Crippen LogP contribution in [0, 0.1) is 6.92 Å². The molecule has 0 spiro atoms. The van der Waals surface area contributed by atoms with Crippen molar-refractivity contribution in [3.05, 3.63) is 148 Å². The number of fused-ring (bicyclic) bond motifs is 3. The van der Waals surface area contributed by atoms with Crippen molar-refractivity contribution in [2.45, 2.75) is 6.92 Å². The standard InChI is InChI=1S/C41H23NO2/c1-22-9-8-14-26(19-22)42-40(43)38-31-20-29(23-10-4-2-5-11-23)27-17-15-25-16-18-28-30(24-12-6-3-7-13-24)21-32(39(38)41(42)44)37-35(28)33(25)34(27)36(31)37/h2-21H,1H3. The zero-order valence-electron chi connectivity index (χ0n) is 23.8. The third-order valence-electron chi connectivity index (χ3n) is 9.68. The van der Waals surface area contributed by atoms with Crippen LogP contribution in [-0.2, 0) is 0 Å². The van der Waals surface area contributed by atoms with Crippen LogP contribution in [0.4, 0.5) is 0 Å². The summed E-state index contributed by atoms with van der Waals surface area (Å²) in [7, 11) is 0. The summed E-state index contributed by atoms with van der Waals surface area (Å²) in [5.74, 6) is 0. The quantitative estimate of drug-likeness (QED) is 0.202. The summed E-state index contributed by atoms with van der Waals surface area (Å²) in [6.07, 6.45) is 0. The first-order valence-corrected chi connectivity index (χ1v) is 14.9. The Hall–Kier alpha value is -5.80. The van der Waals surface area contributed by atoms with Crippen LogP contribution in [0.3, 0.4) is 0 Å². The average molecular weight is 562 g/mol. The molecule has 204 valence electrons. The van der Waals surface area contributed by atoms with E-state index in [0.29, 0.717) is 16.5 Å². The summed E-state index contributed by atoms with van der Waals surface area (Å²) < 4.78 is 1.38. The Morgan fingerprint density at radius 2 is 0.932 bits per heavy atom. The number of benzene rings is 8. The summed E-state index contributed by atoms with van der Waals surface area (Å²) in [6, 6.07) is 41.5. The Kier molecular flexibility index (Phi) is 4.41. The van der Waals surface area contributed by atoms with Gasteiger partial charge >= 0.3 is 0 Å². The van der Waals surface area contributed by atoms with Gasteiger partial charge < -0.3 is 0 Å². The second-order valence-electron chi connectivity index (χ2n) is 12.0. The lowest BCUT2D eigenvalue weighted by atomic mass is 9.89. The van der Waals surface area contributed by atoms with Crippen LogP contribution in [0.25, 0.3) is 92.6 Å². The van der Waals surface area contributed by atoms with E-state index in [0.717, 1.165) is 60.1 Å². The molecular weight excluding hydrogens is 538 g/mol.